The third kappa shape index (κ3) is 8.97. The minimum Gasteiger partial charge on any atom is -0.423 e. The van der Waals surface area contributed by atoms with E-state index in [1.54, 1.807) is 36.4 Å². The van der Waals surface area contributed by atoms with E-state index in [0.717, 1.165) is 0 Å². The zero-order valence-electron chi connectivity index (χ0n) is 29.4. The molecule has 3 fully saturated rings. The summed E-state index contributed by atoms with van der Waals surface area (Å²) in [6.07, 6.45) is 18.3. The van der Waals surface area contributed by atoms with Gasteiger partial charge in [-0.05, 0) is 109 Å². The largest absolute Gasteiger partial charge is 0.423 e. The summed E-state index contributed by atoms with van der Waals surface area (Å²) in [6.45, 7) is 0. The van der Waals surface area contributed by atoms with E-state index in [1.165, 1.54) is 131 Å². The molecule has 0 aromatic heterocycles. The van der Waals surface area contributed by atoms with Gasteiger partial charge in [0.2, 0.25) is 0 Å². The van der Waals surface area contributed by atoms with Crippen LogP contribution >= 0.6 is 0 Å². The fraction of sp³-hybridized carbons (Fsp3) is 0.400. The maximum Gasteiger partial charge on any atom is 0.343 e. The van der Waals surface area contributed by atoms with Gasteiger partial charge < -0.3 is 14.2 Å². The van der Waals surface area contributed by atoms with E-state index in [2.05, 4.69) is 0 Å². The zero-order chi connectivity index (χ0) is 35.0. The van der Waals surface area contributed by atoms with Gasteiger partial charge >= 0.3 is 17.9 Å². The average molecular weight is 685 g/mol. The molecule has 0 atom stereocenters. The van der Waals surface area contributed by atoms with Crippen LogP contribution < -0.4 is 14.2 Å². The van der Waals surface area contributed by atoms with Crippen LogP contribution in [0.1, 0.15) is 162 Å². The highest BCUT2D eigenvalue weighted by Gasteiger charge is 2.21. The van der Waals surface area contributed by atoms with E-state index in [4.69, 9.17) is 14.2 Å². The van der Waals surface area contributed by atoms with Gasteiger partial charge in [-0.25, -0.2) is 14.4 Å². The first-order chi connectivity index (χ1) is 25.0. The smallest absolute Gasteiger partial charge is 0.343 e. The minimum absolute atomic E-state index is 0.102. The topological polar surface area (TPSA) is 78.9 Å². The maximum absolute atomic E-state index is 13.3. The van der Waals surface area contributed by atoms with Crippen molar-refractivity contribution >= 4 is 17.9 Å². The average Bonchev–Trinajstić information content (AvgIpc) is 3.19. The highest BCUT2D eigenvalue weighted by atomic mass is 16.6. The van der Waals surface area contributed by atoms with Crippen molar-refractivity contribution in [3.05, 3.63) is 124 Å². The lowest BCUT2D eigenvalue weighted by atomic mass is 9.84. The van der Waals surface area contributed by atoms with E-state index in [0.29, 0.717) is 34.4 Å². The lowest BCUT2D eigenvalue weighted by molar-refractivity contribution is 0.0730. The van der Waals surface area contributed by atoms with Crippen LogP contribution in [0.25, 0.3) is 0 Å². The second-order valence-electron chi connectivity index (χ2n) is 14.7. The van der Waals surface area contributed by atoms with Crippen molar-refractivity contribution in [2.45, 2.75) is 114 Å². The van der Waals surface area contributed by atoms with Crippen molar-refractivity contribution in [2.75, 3.05) is 0 Å². The Labute approximate surface area is 301 Å². The van der Waals surface area contributed by atoms with Crippen molar-refractivity contribution in [1.29, 1.82) is 0 Å². The van der Waals surface area contributed by atoms with Gasteiger partial charge in [-0.1, -0.05) is 94.2 Å². The molecule has 0 aliphatic heterocycles. The molecule has 0 radical (unpaired) electrons. The lowest BCUT2D eigenvalue weighted by Gasteiger charge is -2.22. The summed E-state index contributed by atoms with van der Waals surface area (Å²) in [5.41, 5.74) is 4.96. The molecule has 6 heteroatoms. The van der Waals surface area contributed by atoms with Crippen LogP contribution in [0.3, 0.4) is 0 Å². The summed E-state index contributed by atoms with van der Waals surface area (Å²) in [7, 11) is 0. The third-order valence-electron chi connectivity index (χ3n) is 11.2. The molecule has 3 aliphatic carbocycles. The van der Waals surface area contributed by atoms with Crippen LogP contribution in [0.2, 0.25) is 0 Å². The molecule has 0 spiro atoms. The van der Waals surface area contributed by atoms with Crippen molar-refractivity contribution in [3.8, 4) is 17.2 Å². The number of esters is 3. The molecule has 7 rings (SSSR count). The second-order valence-corrected chi connectivity index (χ2v) is 14.7. The van der Waals surface area contributed by atoms with Gasteiger partial charge in [0, 0.05) is 18.2 Å². The number of carbonyl (C=O) groups is 3. The number of hydrogen-bond donors (Lipinski definition) is 0. The van der Waals surface area contributed by atoms with Crippen LogP contribution in [-0.4, -0.2) is 17.9 Å². The predicted molar refractivity (Wildman–Crippen MR) is 198 cm³/mol. The summed E-state index contributed by atoms with van der Waals surface area (Å²) >= 11 is 0. The summed E-state index contributed by atoms with van der Waals surface area (Å²) in [5.74, 6) is 0.227. The van der Waals surface area contributed by atoms with Gasteiger partial charge in [-0.2, -0.15) is 0 Å². The van der Waals surface area contributed by atoms with Crippen LogP contribution in [-0.2, 0) is 0 Å². The fourth-order valence-electron chi connectivity index (χ4n) is 8.20. The fourth-order valence-corrected chi connectivity index (χ4v) is 8.20. The van der Waals surface area contributed by atoms with E-state index >= 15 is 0 Å². The van der Waals surface area contributed by atoms with Crippen LogP contribution in [0, 0.1) is 0 Å². The Balaban J connectivity index is 1.08. The highest BCUT2D eigenvalue weighted by molar-refractivity contribution is 5.93. The Morgan fingerprint density at radius 3 is 0.824 bits per heavy atom. The molecule has 264 valence electrons. The van der Waals surface area contributed by atoms with Crippen molar-refractivity contribution in [1.82, 2.24) is 0 Å². The van der Waals surface area contributed by atoms with E-state index in [-0.39, 0.29) is 17.2 Å². The first-order valence-electron chi connectivity index (χ1n) is 19.1. The van der Waals surface area contributed by atoms with Gasteiger partial charge in [0.1, 0.15) is 17.2 Å². The molecule has 0 amide bonds. The predicted octanol–water partition coefficient (Wildman–Crippen LogP) is 11.5. The number of benzene rings is 4. The third-order valence-corrected chi connectivity index (χ3v) is 11.2. The molecule has 4 aromatic rings. The van der Waals surface area contributed by atoms with Gasteiger partial charge in [0.25, 0.3) is 0 Å². The monoisotopic (exact) mass is 684 g/mol. The Morgan fingerprint density at radius 1 is 0.353 bits per heavy atom. The van der Waals surface area contributed by atoms with Gasteiger partial charge in [-0.15, -0.1) is 0 Å². The number of carbonyl (C=O) groups excluding carboxylic acids is 3. The van der Waals surface area contributed by atoms with Crippen molar-refractivity contribution in [2.24, 2.45) is 0 Å². The molecule has 0 saturated heterocycles. The van der Waals surface area contributed by atoms with Crippen molar-refractivity contribution < 1.29 is 28.6 Å². The normalized spacial score (nSPS) is 17.4. The molecule has 0 unspecified atom stereocenters. The Morgan fingerprint density at radius 2 is 0.588 bits per heavy atom. The van der Waals surface area contributed by atoms with Crippen LogP contribution in [0.15, 0.2) is 91.0 Å². The first kappa shape index (κ1) is 34.7. The first-order valence-corrected chi connectivity index (χ1v) is 19.1. The van der Waals surface area contributed by atoms with E-state index in [1.807, 2.05) is 36.4 Å². The molecule has 0 heterocycles. The number of rotatable bonds is 9. The van der Waals surface area contributed by atoms with Gasteiger partial charge in [-0.3, -0.25) is 0 Å². The number of hydrogen-bond acceptors (Lipinski definition) is 6. The summed E-state index contributed by atoms with van der Waals surface area (Å²) in [6, 6.07) is 27.3. The van der Waals surface area contributed by atoms with Gasteiger partial charge in [0.05, 0.1) is 16.7 Å². The zero-order valence-corrected chi connectivity index (χ0v) is 29.4. The molecular weight excluding hydrogens is 636 g/mol. The standard InChI is InChI=1S/C45H48O6/c46-43(37-22-16-34(17-23-37)31-10-4-1-5-11-31)49-40-28-41(50-44(47)38-24-18-35(19-25-38)32-12-6-2-7-13-32)30-42(29-40)51-45(48)39-26-20-36(21-27-39)33-14-8-3-9-15-33/h16-33H,1-15H2. The van der Waals surface area contributed by atoms with Crippen molar-refractivity contribution in [3.63, 3.8) is 0 Å². The number of ether oxygens (including phenoxy) is 3. The molecule has 51 heavy (non-hydrogen) atoms. The second kappa shape index (κ2) is 16.5. The molecule has 3 aliphatic rings. The Bertz CT molecular complexity index is 1560. The quantitative estimate of drug-likeness (QED) is 0.129. The van der Waals surface area contributed by atoms with E-state index < -0.39 is 17.9 Å². The molecule has 4 aromatic carbocycles. The SMILES string of the molecule is O=C(Oc1cc(OC(=O)c2ccc(C3CCCCC3)cc2)cc(OC(=O)c2ccc(C3CCCCC3)cc2)c1)c1ccc(C2CCCCC2)cc1. The molecule has 0 bridgehead atoms. The Kier molecular flexibility index (Phi) is 11.3. The molecular formula is C45H48O6. The summed E-state index contributed by atoms with van der Waals surface area (Å²) in [5, 5.41) is 0. The Hall–Kier alpha value is -4.71. The summed E-state index contributed by atoms with van der Waals surface area (Å²) in [4.78, 5) is 39.9. The maximum atomic E-state index is 13.3. The summed E-state index contributed by atoms with van der Waals surface area (Å²) < 4.78 is 17.4. The highest BCUT2D eigenvalue weighted by Crippen LogP contribution is 2.36. The molecule has 6 nitrogen and oxygen atoms in total. The van der Waals surface area contributed by atoms with E-state index in [9.17, 15) is 14.4 Å². The van der Waals surface area contributed by atoms with Crippen LogP contribution in [0.5, 0.6) is 17.2 Å². The molecule has 0 N–H and O–H groups in total. The molecule has 3 saturated carbocycles. The van der Waals surface area contributed by atoms with Gasteiger partial charge in [0.15, 0.2) is 0 Å². The lowest BCUT2D eigenvalue weighted by Crippen LogP contribution is -2.13. The van der Waals surface area contributed by atoms with Crippen LogP contribution in [0.4, 0.5) is 0 Å². The minimum atomic E-state index is -0.553.